The number of ether oxygens (including phenoxy) is 1. The molecule has 13 heteroatoms. The smallest absolute Gasteiger partial charge is 0.417 e. The molecule has 0 unspecified atom stereocenters. The number of halogens is 4. The second-order valence-corrected chi connectivity index (χ2v) is 10.0. The van der Waals surface area contributed by atoms with E-state index in [1.165, 1.54) is 17.6 Å². The number of hydrogen-bond donors (Lipinski definition) is 0. The number of hydrogen-bond acceptors (Lipinski definition) is 5. The Morgan fingerprint density at radius 2 is 1.75 bits per heavy atom. The molecule has 40 heavy (non-hydrogen) atoms. The highest BCUT2D eigenvalue weighted by molar-refractivity contribution is 6.32. The summed E-state index contributed by atoms with van der Waals surface area (Å²) in [5.41, 5.74) is -2.91. The second-order valence-electron chi connectivity index (χ2n) is 9.62. The van der Waals surface area contributed by atoms with Crippen molar-refractivity contribution in [2.45, 2.75) is 39.0 Å². The van der Waals surface area contributed by atoms with Crippen LogP contribution in [0.1, 0.15) is 41.3 Å². The minimum atomic E-state index is -4.76. The first kappa shape index (κ1) is 27.5. The van der Waals surface area contributed by atoms with Crippen molar-refractivity contribution >= 4 is 28.6 Å². The number of aromatic nitrogens is 4. The van der Waals surface area contributed by atoms with Gasteiger partial charge in [-0.1, -0.05) is 29.8 Å². The molecule has 1 saturated carbocycles. The zero-order chi connectivity index (χ0) is 28.9. The van der Waals surface area contributed by atoms with Gasteiger partial charge in [0.25, 0.3) is 5.56 Å². The SMILES string of the molecule is CCOC(=O)c1cn(-c2cccc3c2n(CC2CC2)c(=O)n3C)c(=O)n(Cc2cccc(C(F)(F)F)c2Cl)c1=O. The van der Waals surface area contributed by atoms with E-state index in [-0.39, 0.29) is 23.5 Å². The monoisotopic (exact) mass is 576 g/mol. The number of carbonyl (C=O) groups excluding carboxylic acids is 1. The standard InChI is InChI=1S/C27H24ClF3N4O5/c1-3-40-24(37)17-14-33(20-9-5-8-19-22(20)34(12-15-10-11-15)25(38)32(19)2)26(39)35(23(17)36)13-16-6-4-7-18(21(16)28)27(29,30)31/h4-9,14-15H,3,10-13H2,1-2H3. The van der Waals surface area contributed by atoms with Crippen molar-refractivity contribution in [3.05, 3.63) is 95.6 Å². The van der Waals surface area contributed by atoms with E-state index in [0.717, 1.165) is 35.7 Å². The van der Waals surface area contributed by atoms with Crippen molar-refractivity contribution < 1.29 is 22.7 Å². The van der Waals surface area contributed by atoms with Crippen molar-refractivity contribution in [3.8, 4) is 5.69 Å². The fourth-order valence-corrected chi connectivity index (χ4v) is 5.02. The van der Waals surface area contributed by atoms with Gasteiger partial charge in [0, 0.05) is 19.8 Å². The summed E-state index contributed by atoms with van der Waals surface area (Å²) in [5, 5.41) is -0.669. The van der Waals surface area contributed by atoms with Gasteiger partial charge in [0.15, 0.2) is 0 Å². The Bertz CT molecular complexity index is 1830. The van der Waals surface area contributed by atoms with E-state index in [1.807, 2.05) is 0 Å². The molecule has 210 valence electrons. The molecule has 0 spiro atoms. The van der Waals surface area contributed by atoms with Gasteiger partial charge in [-0.2, -0.15) is 13.2 Å². The lowest BCUT2D eigenvalue weighted by molar-refractivity contribution is -0.137. The number of imidazole rings is 1. The molecule has 2 heterocycles. The molecule has 2 aromatic heterocycles. The first-order valence-electron chi connectivity index (χ1n) is 12.5. The van der Waals surface area contributed by atoms with Gasteiger partial charge >= 0.3 is 23.5 Å². The van der Waals surface area contributed by atoms with Gasteiger partial charge in [-0.05, 0) is 49.4 Å². The zero-order valence-electron chi connectivity index (χ0n) is 21.5. The number of rotatable bonds is 7. The lowest BCUT2D eigenvalue weighted by atomic mass is 10.1. The third-order valence-electron chi connectivity index (χ3n) is 6.92. The van der Waals surface area contributed by atoms with Gasteiger partial charge in [0.05, 0.1) is 40.5 Å². The molecule has 0 N–H and O–H groups in total. The molecule has 1 aliphatic carbocycles. The summed E-state index contributed by atoms with van der Waals surface area (Å²) in [6.45, 7) is 1.25. The summed E-state index contributed by atoms with van der Waals surface area (Å²) < 4.78 is 50.1. The van der Waals surface area contributed by atoms with Crippen LogP contribution in [0.3, 0.4) is 0 Å². The van der Waals surface area contributed by atoms with Crippen LogP contribution in [0.15, 0.2) is 57.0 Å². The Balaban J connectivity index is 1.78. The number of benzene rings is 2. The van der Waals surface area contributed by atoms with E-state index in [2.05, 4.69) is 0 Å². The summed E-state index contributed by atoms with van der Waals surface area (Å²) in [7, 11) is 1.60. The first-order chi connectivity index (χ1) is 18.9. The van der Waals surface area contributed by atoms with E-state index in [4.69, 9.17) is 16.3 Å². The fourth-order valence-electron chi connectivity index (χ4n) is 4.72. The van der Waals surface area contributed by atoms with Crippen LogP contribution in [0.2, 0.25) is 5.02 Å². The molecule has 1 fully saturated rings. The van der Waals surface area contributed by atoms with Crippen molar-refractivity contribution in [2.75, 3.05) is 6.61 Å². The van der Waals surface area contributed by atoms with Gasteiger partial charge in [-0.25, -0.2) is 14.4 Å². The molecule has 0 amide bonds. The Labute approximate surface area is 229 Å². The predicted molar refractivity (Wildman–Crippen MR) is 141 cm³/mol. The van der Waals surface area contributed by atoms with Crippen molar-refractivity contribution in [3.63, 3.8) is 0 Å². The van der Waals surface area contributed by atoms with E-state index in [1.54, 1.807) is 29.8 Å². The summed E-state index contributed by atoms with van der Waals surface area (Å²) in [6, 6.07) is 8.05. The highest BCUT2D eigenvalue weighted by atomic mass is 35.5. The number of carbonyl (C=O) groups is 1. The maximum absolute atomic E-state index is 13.8. The highest BCUT2D eigenvalue weighted by Gasteiger charge is 2.34. The lowest BCUT2D eigenvalue weighted by Gasteiger charge is -2.16. The molecule has 1 aliphatic rings. The quantitative estimate of drug-likeness (QED) is 0.310. The highest BCUT2D eigenvalue weighted by Crippen LogP contribution is 2.36. The maximum Gasteiger partial charge on any atom is 0.417 e. The van der Waals surface area contributed by atoms with Crippen molar-refractivity contribution in [1.29, 1.82) is 0 Å². The summed E-state index contributed by atoms with van der Waals surface area (Å²) in [4.78, 5) is 53.0. The molecule has 0 saturated heterocycles. The lowest BCUT2D eigenvalue weighted by Crippen LogP contribution is -2.42. The third kappa shape index (κ3) is 4.76. The number of fused-ring (bicyclic) bond motifs is 1. The third-order valence-corrected chi connectivity index (χ3v) is 7.36. The number of para-hydroxylation sites is 1. The van der Waals surface area contributed by atoms with Gasteiger partial charge in [0.2, 0.25) is 0 Å². The first-order valence-corrected chi connectivity index (χ1v) is 12.9. The molecular weight excluding hydrogens is 553 g/mol. The van der Waals surface area contributed by atoms with Crippen LogP contribution in [0, 0.1) is 5.92 Å². The number of alkyl halides is 3. The molecule has 4 aromatic rings. The predicted octanol–water partition coefficient (Wildman–Crippen LogP) is 3.96. The van der Waals surface area contributed by atoms with Crippen LogP contribution in [0.4, 0.5) is 13.2 Å². The van der Waals surface area contributed by atoms with Crippen LogP contribution in [0.25, 0.3) is 16.7 Å². The number of esters is 1. The van der Waals surface area contributed by atoms with Crippen LogP contribution >= 0.6 is 11.6 Å². The Morgan fingerprint density at radius 3 is 2.40 bits per heavy atom. The molecule has 0 bridgehead atoms. The molecular formula is C27H24ClF3N4O5. The Morgan fingerprint density at radius 1 is 1.05 bits per heavy atom. The summed E-state index contributed by atoms with van der Waals surface area (Å²) >= 11 is 6.05. The average molecular weight is 577 g/mol. The van der Waals surface area contributed by atoms with Crippen LogP contribution in [-0.2, 0) is 31.1 Å². The molecule has 0 atom stereocenters. The van der Waals surface area contributed by atoms with Crippen molar-refractivity contribution in [1.82, 2.24) is 18.3 Å². The van der Waals surface area contributed by atoms with E-state index in [0.29, 0.717) is 28.1 Å². The zero-order valence-corrected chi connectivity index (χ0v) is 22.3. The molecule has 0 aliphatic heterocycles. The Kier molecular flexibility index (Phi) is 6.99. The van der Waals surface area contributed by atoms with Gasteiger partial charge in [-0.3, -0.25) is 23.1 Å². The van der Waals surface area contributed by atoms with Crippen LogP contribution in [-0.4, -0.2) is 30.8 Å². The fraction of sp³-hybridized carbons (Fsp3) is 0.333. The van der Waals surface area contributed by atoms with Gasteiger partial charge in [-0.15, -0.1) is 0 Å². The van der Waals surface area contributed by atoms with Gasteiger partial charge < -0.3 is 4.74 Å². The Hall–Kier alpha value is -4.06. The molecule has 9 nitrogen and oxygen atoms in total. The molecule has 2 aromatic carbocycles. The van der Waals surface area contributed by atoms with E-state index >= 15 is 0 Å². The van der Waals surface area contributed by atoms with E-state index in [9.17, 15) is 32.3 Å². The number of nitrogens with zero attached hydrogens (tertiary/aromatic N) is 4. The average Bonchev–Trinajstić information content (AvgIpc) is 3.69. The number of aryl methyl sites for hydroxylation is 1. The van der Waals surface area contributed by atoms with E-state index < -0.39 is 46.1 Å². The minimum Gasteiger partial charge on any atom is -0.462 e. The minimum absolute atomic E-state index is 0.0634. The second kappa shape index (κ2) is 10.2. The maximum atomic E-state index is 13.8. The summed E-state index contributed by atoms with van der Waals surface area (Å²) in [6.07, 6.45) is -1.80. The largest absolute Gasteiger partial charge is 0.462 e. The topological polar surface area (TPSA) is 97.2 Å². The van der Waals surface area contributed by atoms with Crippen molar-refractivity contribution in [2.24, 2.45) is 13.0 Å². The molecule has 0 radical (unpaired) electrons. The molecule has 5 rings (SSSR count). The normalized spacial score (nSPS) is 13.7. The summed E-state index contributed by atoms with van der Waals surface area (Å²) in [5.74, 6) is -0.707. The van der Waals surface area contributed by atoms with Crippen LogP contribution in [0.5, 0.6) is 0 Å². The van der Waals surface area contributed by atoms with Crippen LogP contribution < -0.4 is 16.9 Å². The van der Waals surface area contributed by atoms with Gasteiger partial charge in [0.1, 0.15) is 5.56 Å².